The van der Waals surface area contributed by atoms with Gasteiger partial charge in [0.1, 0.15) is 0 Å². The predicted molar refractivity (Wildman–Crippen MR) is 76.9 cm³/mol. The largest absolute Gasteiger partial charge is 0.362 e. The third kappa shape index (κ3) is 4.73. The summed E-state index contributed by atoms with van der Waals surface area (Å²) < 4.78 is 0. The minimum Gasteiger partial charge on any atom is -0.362 e. The highest BCUT2D eigenvalue weighted by molar-refractivity contribution is 5.45. The van der Waals surface area contributed by atoms with Crippen molar-refractivity contribution in [3.05, 3.63) is 66.9 Å². The first-order chi connectivity index (χ1) is 8.04. The lowest BCUT2D eigenvalue weighted by Crippen LogP contribution is -2.06. The van der Waals surface area contributed by atoms with Gasteiger partial charge in [-0.15, -0.1) is 0 Å². The van der Waals surface area contributed by atoms with Crippen LogP contribution in [0.15, 0.2) is 66.9 Å². The van der Waals surface area contributed by atoms with Crippen LogP contribution in [0.3, 0.4) is 0 Å². The smallest absolute Gasteiger partial charge is 0.0379 e. The van der Waals surface area contributed by atoms with E-state index in [1.807, 2.05) is 48.7 Å². The maximum atomic E-state index is 3.84. The first-order valence-corrected chi connectivity index (χ1v) is 5.85. The van der Waals surface area contributed by atoms with Crippen molar-refractivity contribution in [2.24, 2.45) is 5.41 Å². The molecule has 0 spiro atoms. The molecule has 17 heavy (non-hydrogen) atoms. The summed E-state index contributed by atoms with van der Waals surface area (Å²) in [5, 5.41) is 3.22. The van der Waals surface area contributed by atoms with Gasteiger partial charge in [0.25, 0.3) is 0 Å². The summed E-state index contributed by atoms with van der Waals surface area (Å²) in [6, 6.07) is 10.1. The van der Waals surface area contributed by atoms with Crippen LogP contribution in [0.1, 0.15) is 20.8 Å². The number of benzene rings is 1. The highest BCUT2D eigenvalue weighted by atomic mass is 14.8. The lowest BCUT2D eigenvalue weighted by molar-refractivity contribution is 0.517. The molecule has 0 amide bonds. The van der Waals surface area contributed by atoms with Gasteiger partial charge < -0.3 is 5.32 Å². The average Bonchev–Trinajstić information content (AvgIpc) is 2.28. The SMILES string of the molecule is C=C/C(=C\C=C\Nc1ccccc1)C(C)(C)C. The monoisotopic (exact) mass is 227 g/mol. The molecule has 0 aliphatic heterocycles. The third-order valence-electron chi connectivity index (χ3n) is 2.48. The topological polar surface area (TPSA) is 12.0 Å². The average molecular weight is 227 g/mol. The van der Waals surface area contributed by atoms with Crippen LogP contribution < -0.4 is 5.32 Å². The molecule has 0 aliphatic carbocycles. The second-order valence-electron chi connectivity index (χ2n) is 4.95. The summed E-state index contributed by atoms with van der Waals surface area (Å²) in [7, 11) is 0. The van der Waals surface area contributed by atoms with Gasteiger partial charge in [0, 0.05) is 11.9 Å². The van der Waals surface area contributed by atoms with E-state index in [9.17, 15) is 0 Å². The minimum atomic E-state index is 0.138. The zero-order valence-corrected chi connectivity index (χ0v) is 10.9. The van der Waals surface area contributed by atoms with Crippen molar-refractivity contribution < 1.29 is 0 Å². The normalized spacial score (nSPS) is 12.8. The number of nitrogens with one attached hydrogen (secondary N) is 1. The van der Waals surface area contributed by atoms with Gasteiger partial charge in [-0.25, -0.2) is 0 Å². The first-order valence-electron chi connectivity index (χ1n) is 5.85. The van der Waals surface area contributed by atoms with Crippen molar-refractivity contribution >= 4 is 5.69 Å². The molecule has 0 heterocycles. The number of allylic oxidation sites excluding steroid dienone is 4. The molecule has 1 N–H and O–H groups in total. The Morgan fingerprint density at radius 2 is 1.82 bits per heavy atom. The van der Waals surface area contributed by atoms with Crippen molar-refractivity contribution in [1.29, 1.82) is 0 Å². The number of hydrogen-bond donors (Lipinski definition) is 1. The van der Waals surface area contributed by atoms with Crippen LogP contribution in [-0.2, 0) is 0 Å². The third-order valence-corrected chi connectivity index (χ3v) is 2.48. The zero-order chi connectivity index (χ0) is 12.7. The van der Waals surface area contributed by atoms with Gasteiger partial charge in [0.15, 0.2) is 0 Å². The van der Waals surface area contributed by atoms with Gasteiger partial charge in [0.2, 0.25) is 0 Å². The van der Waals surface area contributed by atoms with E-state index in [4.69, 9.17) is 0 Å². The van der Waals surface area contributed by atoms with Crippen LogP contribution in [0, 0.1) is 5.41 Å². The van der Waals surface area contributed by atoms with Crippen LogP contribution in [0.5, 0.6) is 0 Å². The van der Waals surface area contributed by atoms with Crippen molar-refractivity contribution in [3.8, 4) is 0 Å². The summed E-state index contributed by atoms with van der Waals surface area (Å²) in [4.78, 5) is 0. The Bertz CT molecular complexity index is 405. The maximum Gasteiger partial charge on any atom is 0.0379 e. The van der Waals surface area contributed by atoms with Crippen molar-refractivity contribution in [2.45, 2.75) is 20.8 Å². The first kappa shape index (κ1) is 13.3. The Morgan fingerprint density at radius 3 is 2.35 bits per heavy atom. The Hall–Kier alpha value is -1.76. The van der Waals surface area contributed by atoms with E-state index in [1.165, 1.54) is 5.57 Å². The van der Waals surface area contributed by atoms with E-state index in [0.29, 0.717) is 0 Å². The van der Waals surface area contributed by atoms with E-state index >= 15 is 0 Å². The van der Waals surface area contributed by atoms with Crippen LogP contribution in [0.4, 0.5) is 5.69 Å². The molecule has 1 aromatic rings. The molecule has 0 aromatic heterocycles. The number of anilines is 1. The Kier molecular flexibility index (Phi) is 4.77. The van der Waals surface area contributed by atoms with E-state index < -0.39 is 0 Å². The molecular weight excluding hydrogens is 206 g/mol. The second kappa shape index (κ2) is 6.09. The highest BCUT2D eigenvalue weighted by Crippen LogP contribution is 2.25. The van der Waals surface area contributed by atoms with Gasteiger partial charge in [0.05, 0.1) is 0 Å². The highest BCUT2D eigenvalue weighted by Gasteiger charge is 2.12. The summed E-state index contributed by atoms with van der Waals surface area (Å²) in [6.45, 7) is 10.4. The quantitative estimate of drug-likeness (QED) is 0.730. The molecule has 1 heteroatoms. The molecule has 0 saturated heterocycles. The van der Waals surface area contributed by atoms with Gasteiger partial charge in [-0.05, 0) is 29.2 Å². The number of hydrogen-bond acceptors (Lipinski definition) is 1. The van der Waals surface area contributed by atoms with Crippen LogP contribution in [-0.4, -0.2) is 0 Å². The van der Waals surface area contributed by atoms with Crippen LogP contribution >= 0.6 is 0 Å². The summed E-state index contributed by atoms with van der Waals surface area (Å²) >= 11 is 0. The predicted octanol–water partition coefficient (Wildman–Crippen LogP) is 4.77. The molecular formula is C16H21N. The molecule has 0 saturated carbocycles. The van der Waals surface area contributed by atoms with E-state index in [1.54, 1.807) is 0 Å². The summed E-state index contributed by atoms with van der Waals surface area (Å²) in [6.07, 6.45) is 7.94. The molecule has 0 atom stereocenters. The summed E-state index contributed by atoms with van der Waals surface area (Å²) in [5.41, 5.74) is 2.45. The Labute approximate surface area is 105 Å². The Balaban J connectivity index is 2.61. The van der Waals surface area contributed by atoms with Gasteiger partial charge in [-0.1, -0.05) is 57.7 Å². The van der Waals surface area contributed by atoms with Gasteiger partial charge in [-0.2, -0.15) is 0 Å². The summed E-state index contributed by atoms with van der Waals surface area (Å²) in [5.74, 6) is 0. The van der Waals surface area contributed by atoms with Crippen LogP contribution in [0.25, 0.3) is 0 Å². The van der Waals surface area contributed by atoms with Crippen molar-refractivity contribution in [1.82, 2.24) is 0 Å². The maximum absolute atomic E-state index is 3.84. The molecule has 0 fully saturated rings. The van der Waals surface area contributed by atoms with Crippen molar-refractivity contribution in [2.75, 3.05) is 5.32 Å². The second-order valence-corrected chi connectivity index (χ2v) is 4.95. The molecule has 0 bridgehead atoms. The number of para-hydroxylation sites is 1. The molecule has 0 unspecified atom stereocenters. The molecule has 1 aromatic carbocycles. The van der Waals surface area contributed by atoms with Gasteiger partial charge >= 0.3 is 0 Å². The zero-order valence-electron chi connectivity index (χ0n) is 10.9. The van der Waals surface area contributed by atoms with Crippen LogP contribution in [0.2, 0.25) is 0 Å². The fourth-order valence-electron chi connectivity index (χ4n) is 1.45. The van der Waals surface area contributed by atoms with E-state index in [2.05, 4.69) is 38.7 Å². The van der Waals surface area contributed by atoms with E-state index in [0.717, 1.165) is 5.69 Å². The fourth-order valence-corrected chi connectivity index (χ4v) is 1.45. The molecule has 0 radical (unpaired) electrons. The standard InChI is InChI=1S/C16H21N/c1-5-14(16(2,3)4)10-9-13-17-15-11-7-6-8-12-15/h5-13,17H,1H2,2-4H3/b13-9+,14-10+. The molecule has 1 rings (SSSR count). The lowest BCUT2D eigenvalue weighted by Gasteiger charge is -2.19. The Morgan fingerprint density at radius 1 is 1.18 bits per heavy atom. The van der Waals surface area contributed by atoms with E-state index in [-0.39, 0.29) is 5.41 Å². The molecule has 90 valence electrons. The minimum absolute atomic E-state index is 0.138. The fraction of sp³-hybridized carbons (Fsp3) is 0.250. The number of rotatable bonds is 4. The van der Waals surface area contributed by atoms with Gasteiger partial charge in [-0.3, -0.25) is 0 Å². The van der Waals surface area contributed by atoms with Crippen molar-refractivity contribution in [3.63, 3.8) is 0 Å². The molecule has 0 aliphatic rings. The lowest BCUT2D eigenvalue weighted by atomic mass is 9.86. The molecule has 1 nitrogen and oxygen atoms in total.